The molecule has 0 aromatic carbocycles. The number of hydrogen-bond donors (Lipinski definition) is 2. The van der Waals surface area contributed by atoms with Gasteiger partial charge in [-0.05, 0) is 38.0 Å². The molecule has 4 heteroatoms. The van der Waals surface area contributed by atoms with Gasteiger partial charge in [0.25, 0.3) is 0 Å². The average Bonchev–Trinajstić information content (AvgIpc) is 2.10. The van der Waals surface area contributed by atoms with Gasteiger partial charge in [0.05, 0.1) is 0 Å². The fraction of sp³-hybridized carbons (Fsp3) is 0.818. The van der Waals surface area contributed by atoms with Crippen molar-refractivity contribution >= 4 is 11.9 Å². The van der Waals surface area contributed by atoms with Gasteiger partial charge in [0.2, 0.25) is 0 Å². The molecule has 4 bridgehead atoms. The second-order valence-corrected chi connectivity index (χ2v) is 5.46. The molecule has 0 aromatic heterocycles. The van der Waals surface area contributed by atoms with Gasteiger partial charge < -0.3 is 10.4 Å². The molecule has 4 nitrogen and oxygen atoms in total. The summed E-state index contributed by atoms with van der Waals surface area (Å²) in [6.07, 6.45) is 3.48. The molecule has 4 rings (SSSR count). The third-order valence-corrected chi connectivity index (χ3v) is 4.37. The molecule has 0 aromatic rings. The van der Waals surface area contributed by atoms with Crippen molar-refractivity contribution in [3.05, 3.63) is 0 Å². The lowest BCUT2D eigenvalue weighted by Crippen LogP contribution is -2.62. The van der Waals surface area contributed by atoms with Gasteiger partial charge in [0.15, 0.2) is 0 Å². The van der Waals surface area contributed by atoms with Crippen LogP contribution in [-0.2, 0) is 4.79 Å². The van der Waals surface area contributed by atoms with Crippen LogP contribution in [0.3, 0.4) is 0 Å². The topological polar surface area (TPSA) is 66.4 Å². The number of nitrogens with one attached hydrogen (secondary N) is 1. The largest absolute Gasteiger partial charge is 0.465 e. The van der Waals surface area contributed by atoms with Crippen LogP contribution in [-0.4, -0.2) is 22.5 Å². The first-order valence-electron chi connectivity index (χ1n) is 5.63. The summed E-state index contributed by atoms with van der Waals surface area (Å²) in [6, 6.07) is 0. The Balaban J connectivity index is 1.89. The molecule has 0 saturated heterocycles. The van der Waals surface area contributed by atoms with Crippen LogP contribution in [0.15, 0.2) is 0 Å². The Kier molecular flexibility index (Phi) is 1.68. The predicted molar refractivity (Wildman–Crippen MR) is 52.5 cm³/mol. The lowest BCUT2D eigenvalue weighted by atomic mass is 9.52. The van der Waals surface area contributed by atoms with Gasteiger partial charge >= 0.3 is 6.09 Å². The second-order valence-electron chi connectivity index (χ2n) is 5.46. The van der Waals surface area contributed by atoms with Gasteiger partial charge in [-0.2, -0.15) is 0 Å². The van der Waals surface area contributed by atoms with E-state index in [0.29, 0.717) is 11.7 Å². The molecule has 82 valence electrons. The number of hydrogen-bond acceptors (Lipinski definition) is 2. The first kappa shape index (κ1) is 9.19. The number of Topliss-reactive ketones (excluding diaryl/α,β-unsaturated/α-hetero) is 1. The molecule has 0 spiro atoms. The third-order valence-electron chi connectivity index (χ3n) is 4.37. The van der Waals surface area contributed by atoms with E-state index in [1.807, 2.05) is 0 Å². The van der Waals surface area contributed by atoms with Crippen molar-refractivity contribution in [3.8, 4) is 0 Å². The standard InChI is InChI=1S/C11H15NO3/c13-9-7-1-6-2-8(9)5-11(3-6,4-7)12-10(14)15/h6-8,12H,1-5H2,(H,14,15)/t6?,7-,8-,11?/m1/s1. The van der Waals surface area contributed by atoms with Crippen LogP contribution >= 0.6 is 0 Å². The molecule has 0 radical (unpaired) electrons. The van der Waals surface area contributed by atoms with E-state index in [0.717, 1.165) is 32.1 Å². The number of rotatable bonds is 1. The maximum absolute atomic E-state index is 11.8. The van der Waals surface area contributed by atoms with Crippen molar-refractivity contribution in [2.45, 2.75) is 37.6 Å². The first-order valence-corrected chi connectivity index (χ1v) is 5.63. The maximum Gasteiger partial charge on any atom is 0.405 e. The lowest BCUT2D eigenvalue weighted by Gasteiger charge is -2.55. The molecule has 4 aliphatic rings. The van der Waals surface area contributed by atoms with Gasteiger partial charge in [-0.3, -0.25) is 4.79 Å². The summed E-state index contributed by atoms with van der Waals surface area (Å²) >= 11 is 0. The van der Waals surface area contributed by atoms with E-state index in [1.165, 1.54) is 0 Å². The van der Waals surface area contributed by atoms with Crippen molar-refractivity contribution < 1.29 is 14.7 Å². The van der Waals surface area contributed by atoms with E-state index in [2.05, 4.69) is 5.32 Å². The van der Waals surface area contributed by atoms with E-state index >= 15 is 0 Å². The summed E-state index contributed by atoms with van der Waals surface area (Å²) in [6.45, 7) is 0. The summed E-state index contributed by atoms with van der Waals surface area (Å²) in [4.78, 5) is 22.6. The Morgan fingerprint density at radius 3 is 2.40 bits per heavy atom. The van der Waals surface area contributed by atoms with E-state index in [-0.39, 0.29) is 17.4 Å². The number of carbonyl (C=O) groups is 2. The van der Waals surface area contributed by atoms with Crippen LogP contribution in [0.4, 0.5) is 4.79 Å². The zero-order valence-corrected chi connectivity index (χ0v) is 8.53. The molecule has 1 amide bonds. The molecule has 2 atom stereocenters. The number of carbonyl (C=O) groups excluding carboxylic acids is 1. The highest BCUT2D eigenvalue weighted by molar-refractivity contribution is 5.86. The van der Waals surface area contributed by atoms with Crippen molar-refractivity contribution in [3.63, 3.8) is 0 Å². The Hall–Kier alpha value is -1.06. The molecule has 15 heavy (non-hydrogen) atoms. The quantitative estimate of drug-likeness (QED) is 0.686. The summed E-state index contributed by atoms with van der Waals surface area (Å²) in [5.41, 5.74) is -0.268. The first-order chi connectivity index (χ1) is 7.08. The van der Waals surface area contributed by atoms with Crippen LogP contribution in [0, 0.1) is 17.8 Å². The Morgan fingerprint density at radius 1 is 1.27 bits per heavy atom. The summed E-state index contributed by atoms with van der Waals surface area (Å²) in [7, 11) is 0. The van der Waals surface area contributed by atoms with Crippen LogP contribution in [0.25, 0.3) is 0 Å². The monoisotopic (exact) mass is 209 g/mol. The molecule has 4 aliphatic carbocycles. The summed E-state index contributed by atoms with van der Waals surface area (Å²) in [5, 5.41) is 11.5. The Bertz CT molecular complexity index is 321. The molecular formula is C11H15NO3. The maximum atomic E-state index is 11.8. The highest BCUT2D eigenvalue weighted by atomic mass is 16.4. The Morgan fingerprint density at radius 2 is 1.87 bits per heavy atom. The van der Waals surface area contributed by atoms with E-state index in [9.17, 15) is 9.59 Å². The molecule has 4 saturated carbocycles. The predicted octanol–water partition coefficient (Wildman–Crippen LogP) is 1.40. The van der Waals surface area contributed by atoms with Gasteiger partial charge in [0.1, 0.15) is 5.78 Å². The molecule has 0 unspecified atom stereocenters. The highest BCUT2D eigenvalue weighted by Crippen LogP contribution is 2.53. The molecule has 4 fully saturated rings. The van der Waals surface area contributed by atoms with Crippen LogP contribution in [0.1, 0.15) is 32.1 Å². The minimum absolute atomic E-state index is 0.142. The van der Waals surface area contributed by atoms with Crippen LogP contribution in [0.5, 0.6) is 0 Å². The molecule has 0 heterocycles. The van der Waals surface area contributed by atoms with Gasteiger partial charge in [-0.25, -0.2) is 4.79 Å². The third kappa shape index (κ3) is 1.27. The molecular weight excluding hydrogens is 194 g/mol. The Labute approximate surface area is 88.0 Å². The van der Waals surface area contributed by atoms with Gasteiger partial charge in [-0.15, -0.1) is 0 Å². The normalized spacial score (nSPS) is 46.9. The number of carboxylic acid groups (broad SMARTS) is 1. The van der Waals surface area contributed by atoms with Gasteiger partial charge in [0, 0.05) is 17.4 Å². The van der Waals surface area contributed by atoms with Crippen molar-refractivity contribution in [1.82, 2.24) is 5.32 Å². The highest BCUT2D eigenvalue weighted by Gasteiger charge is 2.55. The zero-order chi connectivity index (χ0) is 10.6. The fourth-order valence-corrected chi connectivity index (χ4v) is 4.13. The smallest absolute Gasteiger partial charge is 0.405 e. The minimum Gasteiger partial charge on any atom is -0.465 e. The molecule has 2 N–H and O–H groups in total. The van der Waals surface area contributed by atoms with E-state index in [4.69, 9.17) is 5.11 Å². The molecule has 0 aliphatic heterocycles. The second kappa shape index (κ2) is 2.74. The van der Waals surface area contributed by atoms with Crippen molar-refractivity contribution in [2.24, 2.45) is 17.8 Å². The summed E-state index contributed by atoms with van der Waals surface area (Å²) in [5.74, 6) is 1.26. The average molecular weight is 209 g/mol. The SMILES string of the molecule is O=C(O)NC12CC3C[C@H](C1)C(=O)[C@H](C3)C2. The van der Waals surface area contributed by atoms with Crippen LogP contribution in [0.2, 0.25) is 0 Å². The van der Waals surface area contributed by atoms with E-state index in [1.54, 1.807) is 0 Å². The van der Waals surface area contributed by atoms with Gasteiger partial charge in [-0.1, -0.05) is 0 Å². The lowest BCUT2D eigenvalue weighted by molar-refractivity contribution is -0.142. The number of ketones is 1. The summed E-state index contributed by atoms with van der Waals surface area (Å²) < 4.78 is 0. The minimum atomic E-state index is -0.940. The number of amides is 1. The zero-order valence-electron chi connectivity index (χ0n) is 8.53. The van der Waals surface area contributed by atoms with Crippen LogP contribution < -0.4 is 5.32 Å². The van der Waals surface area contributed by atoms with Crippen molar-refractivity contribution in [2.75, 3.05) is 0 Å². The van der Waals surface area contributed by atoms with E-state index < -0.39 is 6.09 Å². The van der Waals surface area contributed by atoms with Crippen molar-refractivity contribution in [1.29, 1.82) is 0 Å². The fourth-order valence-electron chi connectivity index (χ4n) is 4.13.